The minimum absolute atomic E-state index is 0.0198. The predicted octanol–water partition coefficient (Wildman–Crippen LogP) is 11.3. The lowest BCUT2D eigenvalue weighted by Crippen LogP contribution is -2.61. The molecule has 7 atom stereocenters. The molecule has 0 aromatic heterocycles. The van der Waals surface area contributed by atoms with Crippen LogP contribution in [-0.2, 0) is 23.8 Å². The van der Waals surface area contributed by atoms with Crippen LogP contribution >= 0.6 is 0 Å². The molecule has 1 heterocycles. The van der Waals surface area contributed by atoms with Crippen LogP contribution in [0.2, 0.25) is 0 Å². The molecule has 0 aromatic rings. The van der Waals surface area contributed by atoms with Gasteiger partial charge in [-0.25, -0.2) is 0 Å². The molecule has 1 saturated heterocycles. The first-order chi connectivity index (χ1) is 29.7. The molecule has 0 bridgehead atoms. The number of hydrogen-bond acceptors (Lipinski definition) is 7. The van der Waals surface area contributed by atoms with Crippen molar-refractivity contribution < 1.29 is 39.1 Å². The summed E-state index contributed by atoms with van der Waals surface area (Å²) in [4.78, 5) is 24.8. The number of ether oxygens (including phenoxy) is 3. The highest BCUT2D eigenvalue weighted by molar-refractivity contribution is 5.76. The average molecular weight is 870 g/mol. The third-order valence-electron chi connectivity index (χ3n) is 12.9. The zero-order valence-electron chi connectivity index (χ0n) is 40.3. The SMILES string of the molecule is CCCCCCCCCCCCCCCCCCCCCCCC(=O)NC(COC1OC(CNC(C)=O)C([OH2+])C(O)C1O)[C@@H](CCCCCCCCCCCCCCC)OC. The third kappa shape index (κ3) is 32.1. The number of aliphatic hydroxyl groups excluding tert-OH is 2. The summed E-state index contributed by atoms with van der Waals surface area (Å²) in [6.45, 7) is 5.96. The zero-order valence-corrected chi connectivity index (χ0v) is 40.3. The lowest BCUT2D eigenvalue weighted by atomic mass is 9.98. The van der Waals surface area contributed by atoms with E-state index in [1.165, 1.54) is 193 Å². The van der Waals surface area contributed by atoms with E-state index in [1.807, 2.05) is 0 Å². The van der Waals surface area contributed by atoms with E-state index in [9.17, 15) is 19.8 Å². The van der Waals surface area contributed by atoms with E-state index in [0.717, 1.165) is 38.5 Å². The quantitative estimate of drug-likeness (QED) is 0.0352. The molecular weight excluding hydrogens is 769 g/mol. The molecule has 10 heteroatoms. The van der Waals surface area contributed by atoms with Crippen molar-refractivity contribution in [2.75, 3.05) is 20.3 Å². The van der Waals surface area contributed by atoms with Gasteiger partial charge in [-0.3, -0.25) is 9.59 Å². The monoisotopic (exact) mass is 870 g/mol. The Hall–Kier alpha value is -1.30. The summed E-state index contributed by atoms with van der Waals surface area (Å²) in [5, 5.41) is 35.4. The van der Waals surface area contributed by atoms with Gasteiger partial charge in [-0.15, -0.1) is 0 Å². The van der Waals surface area contributed by atoms with Crippen LogP contribution in [0.1, 0.15) is 252 Å². The minimum Gasteiger partial charge on any atom is -0.439 e. The van der Waals surface area contributed by atoms with Crippen LogP contribution in [0.3, 0.4) is 0 Å². The number of carbonyl (C=O) groups excluding carboxylic acids is 2. The smallest absolute Gasteiger partial charge is 0.220 e. The number of unbranched alkanes of at least 4 members (excludes halogenated alkanes) is 32. The Bertz CT molecular complexity index is 988. The van der Waals surface area contributed by atoms with Crippen molar-refractivity contribution in [3.63, 3.8) is 0 Å². The molecule has 362 valence electrons. The van der Waals surface area contributed by atoms with E-state index in [2.05, 4.69) is 24.5 Å². The van der Waals surface area contributed by atoms with Crippen molar-refractivity contribution in [2.45, 2.75) is 295 Å². The first-order valence-corrected chi connectivity index (χ1v) is 26.2. The molecule has 0 aromatic carbocycles. The van der Waals surface area contributed by atoms with Gasteiger partial charge in [-0.05, 0) is 12.8 Å². The Kier molecular flexibility index (Phi) is 39.2. The Balaban J connectivity index is 2.39. The van der Waals surface area contributed by atoms with E-state index >= 15 is 0 Å². The number of rotatable bonds is 44. The number of carbonyl (C=O) groups is 2. The van der Waals surface area contributed by atoms with Crippen LogP contribution in [0.15, 0.2) is 0 Å². The topological polar surface area (TPSA) is 149 Å². The van der Waals surface area contributed by atoms with Gasteiger partial charge in [0.2, 0.25) is 17.9 Å². The molecule has 0 spiro atoms. The highest BCUT2D eigenvalue weighted by atomic mass is 16.7. The van der Waals surface area contributed by atoms with Crippen LogP contribution < -0.4 is 10.6 Å². The summed E-state index contributed by atoms with van der Waals surface area (Å²) in [6.07, 6.45) is 39.3. The van der Waals surface area contributed by atoms with Gasteiger partial charge in [0.25, 0.3) is 0 Å². The fourth-order valence-electron chi connectivity index (χ4n) is 8.77. The van der Waals surface area contributed by atoms with E-state index in [0.29, 0.717) is 6.42 Å². The summed E-state index contributed by atoms with van der Waals surface area (Å²) >= 11 is 0. The van der Waals surface area contributed by atoms with Gasteiger partial charge in [0.05, 0.1) is 25.3 Å². The Morgan fingerprint density at radius 2 is 0.967 bits per heavy atom. The first-order valence-electron chi connectivity index (χ1n) is 26.2. The van der Waals surface area contributed by atoms with Crippen LogP contribution in [-0.4, -0.2) is 90.2 Å². The minimum atomic E-state index is -1.44. The number of aliphatic hydroxyl groups is 2. The maximum Gasteiger partial charge on any atom is 0.220 e. The molecule has 61 heavy (non-hydrogen) atoms. The summed E-state index contributed by atoms with van der Waals surface area (Å²) in [6, 6.07) is -0.472. The number of hydrogen-bond donors (Lipinski definition) is 4. The fourth-order valence-corrected chi connectivity index (χ4v) is 8.77. The van der Waals surface area contributed by atoms with Crippen molar-refractivity contribution in [2.24, 2.45) is 0 Å². The second-order valence-corrected chi connectivity index (χ2v) is 18.6. The standard InChI is InChI=1S/C51H100N2O8/c1-5-7-9-11-13-15-17-19-20-21-22-23-24-25-26-28-30-32-34-36-38-40-47(55)53-44(42-60-51-50(58)49(57)48(56)46(61-51)41-52-43(3)54)45(59-4)39-37-35-33-31-29-27-18-16-14-12-10-8-6-2/h44-46,48-51,56-58H,5-42H2,1-4H3,(H,52,54)(H,53,55)/p+1/t44?,45-,46?,48?,49?,50?,51?/m1/s1. The summed E-state index contributed by atoms with van der Waals surface area (Å²) in [5.41, 5.74) is 0. The van der Waals surface area contributed by atoms with Crippen molar-refractivity contribution in [1.82, 2.24) is 10.6 Å². The lowest BCUT2D eigenvalue weighted by Gasteiger charge is -2.39. The molecule has 1 rings (SSSR count). The van der Waals surface area contributed by atoms with Crippen LogP contribution in [0.5, 0.6) is 0 Å². The Morgan fingerprint density at radius 1 is 0.590 bits per heavy atom. The van der Waals surface area contributed by atoms with Crippen molar-refractivity contribution in [3.05, 3.63) is 0 Å². The number of amides is 2. The Morgan fingerprint density at radius 3 is 1.34 bits per heavy atom. The van der Waals surface area contributed by atoms with Crippen molar-refractivity contribution in [1.29, 1.82) is 0 Å². The molecule has 1 fully saturated rings. The highest BCUT2D eigenvalue weighted by Crippen LogP contribution is 2.24. The second kappa shape index (κ2) is 41.4. The third-order valence-corrected chi connectivity index (χ3v) is 12.9. The van der Waals surface area contributed by atoms with Gasteiger partial charge in [0.1, 0.15) is 6.10 Å². The number of methoxy groups -OCH3 is 1. The molecule has 10 nitrogen and oxygen atoms in total. The van der Waals surface area contributed by atoms with Crippen LogP contribution in [0.25, 0.3) is 0 Å². The van der Waals surface area contributed by atoms with E-state index < -0.39 is 36.7 Å². The molecular formula is C51H101N2O8+. The van der Waals surface area contributed by atoms with Gasteiger partial charge in [-0.2, -0.15) is 0 Å². The number of nitrogens with one attached hydrogen (secondary N) is 2. The van der Waals surface area contributed by atoms with Crippen molar-refractivity contribution >= 4 is 11.8 Å². The van der Waals surface area contributed by atoms with Gasteiger partial charge in [0, 0.05) is 20.5 Å². The molecule has 0 aliphatic carbocycles. The van der Waals surface area contributed by atoms with Crippen molar-refractivity contribution in [3.8, 4) is 0 Å². The average Bonchev–Trinajstić information content (AvgIpc) is 3.25. The van der Waals surface area contributed by atoms with Gasteiger partial charge in [-0.1, -0.05) is 226 Å². The molecule has 6 unspecified atom stereocenters. The predicted molar refractivity (Wildman–Crippen MR) is 253 cm³/mol. The molecule has 6 N–H and O–H groups in total. The van der Waals surface area contributed by atoms with E-state index in [-0.39, 0.29) is 31.1 Å². The largest absolute Gasteiger partial charge is 0.439 e. The molecule has 0 radical (unpaired) electrons. The fraction of sp³-hybridized carbons (Fsp3) is 0.961. The lowest BCUT2D eigenvalue weighted by molar-refractivity contribution is -0.297. The summed E-state index contributed by atoms with van der Waals surface area (Å²) in [7, 11) is 1.66. The maximum absolute atomic E-state index is 13.3. The molecule has 0 saturated carbocycles. The Labute approximate surface area is 375 Å². The highest BCUT2D eigenvalue weighted by Gasteiger charge is 2.47. The van der Waals surface area contributed by atoms with Crippen LogP contribution in [0.4, 0.5) is 0 Å². The summed E-state index contributed by atoms with van der Waals surface area (Å²) < 4.78 is 17.9. The molecule has 1 aliphatic heterocycles. The molecule has 1 aliphatic rings. The van der Waals surface area contributed by atoms with Gasteiger partial charge >= 0.3 is 0 Å². The molecule has 2 amide bonds. The van der Waals surface area contributed by atoms with Gasteiger partial charge < -0.3 is 40.2 Å². The van der Waals surface area contributed by atoms with Gasteiger partial charge in [0.15, 0.2) is 18.5 Å². The van der Waals surface area contributed by atoms with Crippen LogP contribution in [0, 0.1) is 0 Å². The van der Waals surface area contributed by atoms with E-state index in [4.69, 9.17) is 19.3 Å². The first kappa shape index (κ1) is 57.7. The second-order valence-electron chi connectivity index (χ2n) is 18.6. The maximum atomic E-state index is 13.3. The zero-order chi connectivity index (χ0) is 44.6. The van der Waals surface area contributed by atoms with E-state index in [1.54, 1.807) is 7.11 Å². The summed E-state index contributed by atoms with van der Waals surface area (Å²) in [5.74, 6) is -0.318. The normalized spacial score (nSPS) is 20.1.